The van der Waals surface area contributed by atoms with Gasteiger partial charge in [-0.15, -0.1) is 0 Å². The summed E-state index contributed by atoms with van der Waals surface area (Å²) in [5.41, 5.74) is 0.595. The summed E-state index contributed by atoms with van der Waals surface area (Å²) in [7, 11) is -0.912. The summed E-state index contributed by atoms with van der Waals surface area (Å²) in [6, 6.07) is 2.08. The molecule has 2 nitrogen and oxygen atoms in total. The molecule has 5 heteroatoms. The van der Waals surface area contributed by atoms with Gasteiger partial charge in [0.05, 0.1) is 0 Å². The molecule has 0 aliphatic heterocycles. The predicted molar refractivity (Wildman–Crippen MR) is 71.0 cm³/mol. The molecule has 1 aromatic carbocycles. The van der Waals surface area contributed by atoms with Gasteiger partial charge in [-0.25, -0.2) is 8.78 Å². The third kappa shape index (κ3) is 4.14. The van der Waals surface area contributed by atoms with Crippen molar-refractivity contribution in [2.75, 3.05) is 12.0 Å². The highest BCUT2D eigenvalue weighted by Crippen LogP contribution is 2.21. The highest BCUT2D eigenvalue weighted by atomic mass is 32.2. The number of hydrogen-bond acceptors (Lipinski definition) is 2. The molecule has 3 unspecified atom stereocenters. The Kier molecular flexibility index (Phi) is 5.41. The van der Waals surface area contributed by atoms with Gasteiger partial charge in [-0.3, -0.25) is 4.21 Å². The Bertz CT molecular complexity index is 451. The molecule has 0 saturated carbocycles. The maximum absolute atomic E-state index is 13.7. The van der Waals surface area contributed by atoms with Crippen LogP contribution in [0.5, 0.6) is 0 Å². The smallest absolute Gasteiger partial charge is 0.128 e. The molecular formula is C13H19F2NOS. The predicted octanol–water partition coefficient (Wildman–Crippen LogP) is 2.69. The lowest BCUT2D eigenvalue weighted by Gasteiger charge is -2.20. The standard InChI is InChI=1S/C13H19F2NOS/c1-8-5-13(15)11(6-12(8)14)10(3)16-9(2)7-18(4)17/h5-6,9-10,16H,7H2,1-4H3. The summed E-state index contributed by atoms with van der Waals surface area (Å²) >= 11 is 0. The average Bonchev–Trinajstić information content (AvgIpc) is 2.21. The van der Waals surface area contributed by atoms with Gasteiger partial charge in [-0.1, -0.05) is 0 Å². The van der Waals surface area contributed by atoms with Crippen LogP contribution in [0.2, 0.25) is 0 Å². The van der Waals surface area contributed by atoms with E-state index in [4.69, 9.17) is 0 Å². The van der Waals surface area contributed by atoms with Crippen molar-refractivity contribution >= 4 is 10.8 Å². The number of halogens is 2. The zero-order valence-electron chi connectivity index (χ0n) is 11.1. The SMILES string of the molecule is Cc1cc(F)c(C(C)NC(C)CS(C)=O)cc1F. The van der Waals surface area contributed by atoms with E-state index in [0.717, 1.165) is 0 Å². The molecule has 0 bridgehead atoms. The highest BCUT2D eigenvalue weighted by molar-refractivity contribution is 7.84. The number of hydrogen-bond donors (Lipinski definition) is 1. The third-order valence-corrected chi connectivity index (χ3v) is 3.73. The summed E-state index contributed by atoms with van der Waals surface area (Å²) in [6.45, 7) is 5.17. The first kappa shape index (κ1) is 15.2. The number of aryl methyl sites for hydroxylation is 1. The highest BCUT2D eigenvalue weighted by Gasteiger charge is 2.16. The molecule has 0 aliphatic carbocycles. The van der Waals surface area contributed by atoms with Gasteiger partial charge in [0.2, 0.25) is 0 Å². The van der Waals surface area contributed by atoms with E-state index in [1.807, 2.05) is 6.92 Å². The summed E-state index contributed by atoms with van der Waals surface area (Å²) < 4.78 is 38.2. The topological polar surface area (TPSA) is 29.1 Å². The van der Waals surface area contributed by atoms with Gasteiger partial charge < -0.3 is 5.32 Å². The fraction of sp³-hybridized carbons (Fsp3) is 0.538. The molecule has 0 heterocycles. The Morgan fingerprint density at radius 2 is 1.89 bits per heavy atom. The number of rotatable bonds is 5. The van der Waals surface area contributed by atoms with E-state index >= 15 is 0 Å². The molecule has 3 atom stereocenters. The number of nitrogens with one attached hydrogen (secondary N) is 1. The van der Waals surface area contributed by atoms with Crippen molar-refractivity contribution < 1.29 is 13.0 Å². The monoisotopic (exact) mass is 275 g/mol. The van der Waals surface area contributed by atoms with Gasteiger partial charge in [0, 0.05) is 40.5 Å². The Balaban J connectivity index is 2.81. The minimum absolute atomic E-state index is 0.0189. The molecule has 0 aromatic heterocycles. The van der Waals surface area contributed by atoms with Crippen LogP contribution < -0.4 is 5.32 Å². The lowest BCUT2D eigenvalue weighted by molar-refractivity contribution is 0.479. The summed E-state index contributed by atoms with van der Waals surface area (Å²) in [6.07, 6.45) is 1.62. The van der Waals surface area contributed by atoms with Crippen molar-refractivity contribution in [3.05, 3.63) is 34.9 Å². The van der Waals surface area contributed by atoms with Crippen LogP contribution in [-0.2, 0) is 10.8 Å². The fourth-order valence-electron chi connectivity index (χ4n) is 1.91. The largest absolute Gasteiger partial charge is 0.307 e. The summed E-state index contributed by atoms with van der Waals surface area (Å²) in [5.74, 6) is -0.342. The Hall–Kier alpha value is -0.810. The van der Waals surface area contributed by atoms with Gasteiger partial charge in [0.15, 0.2) is 0 Å². The summed E-state index contributed by atoms with van der Waals surface area (Å²) in [5, 5.41) is 3.12. The lowest BCUT2D eigenvalue weighted by atomic mass is 10.0. The van der Waals surface area contributed by atoms with E-state index in [-0.39, 0.29) is 12.1 Å². The van der Waals surface area contributed by atoms with Crippen LogP contribution in [-0.4, -0.2) is 22.3 Å². The van der Waals surface area contributed by atoms with Crippen molar-refractivity contribution in [1.29, 1.82) is 0 Å². The van der Waals surface area contributed by atoms with Crippen LogP contribution in [0.1, 0.15) is 31.0 Å². The maximum Gasteiger partial charge on any atom is 0.128 e. The van der Waals surface area contributed by atoms with Gasteiger partial charge in [0.1, 0.15) is 11.6 Å². The Morgan fingerprint density at radius 1 is 1.28 bits per heavy atom. The second kappa shape index (κ2) is 6.38. The first-order chi connectivity index (χ1) is 8.31. The molecule has 18 heavy (non-hydrogen) atoms. The van der Waals surface area contributed by atoms with Crippen LogP contribution in [0.25, 0.3) is 0 Å². The molecule has 0 radical (unpaired) electrons. The van der Waals surface area contributed by atoms with Crippen LogP contribution >= 0.6 is 0 Å². The van der Waals surface area contributed by atoms with Crippen molar-refractivity contribution in [1.82, 2.24) is 5.32 Å². The second-order valence-electron chi connectivity index (χ2n) is 4.65. The molecular weight excluding hydrogens is 256 g/mol. The first-order valence-electron chi connectivity index (χ1n) is 5.83. The number of benzene rings is 1. The lowest BCUT2D eigenvalue weighted by Crippen LogP contribution is -2.33. The van der Waals surface area contributed by atoms with Crippen molar-refractivity contribution in [3.8, 4) is 0 Å². The van der Waals surface area contributed by atoms with Crippen molar-refractivity contribution in [2.45, 2.75) is 32.9 Å². The van der Waals surface area contributed by atoms with Crippen LogP contribution in [0.15, 0.2) is 12.1 Å². The Morgan fingerprint density at radius 3 is 2.44 bits per heavy atom. The molecule has 1 rings (SSSR count). The van der Waals surface area contributed by atoms with Crippen molar-refractivity contribution in [3.63, 3.8) is 0 Å². The fourth-order valence-corrected chi connectivity index (χ4v) is 2.71. The van der Waals surface area contributed by atoms with E-state index < -0.39 is 22.4 Å². The molecule has 102 valence electrons. The van der Waals surface area contributed by atoms with Crippen LogP contribution in [0.4, 0.5) is 8.78 Å². The van der Waals surface area contributed by atoms with Gasteiger partial charge in [0.25, 0.3) is 0 Å². The van der Waals surface area contributed by atoms with Gasteiger partial charge in [-0.2, -0.15) is 0 Å². The molecule has 0 fully saturated rings. The van der Waals surface area contributed by atoms with E-state index in [1.165, 1.54) is 19.1 Å². The molecule has 0 spiro atoms. The molecule has 0 aliphatic rings. The zero-order chi connectivity index (χ0) is 13.9. The van der Waals surface area contributed by atoms with Gasteiger partial charge in [-0.05, 0) is 38.5 Å². The van der Waals surface area contributed by atoms with E-state index in [0.29, 0.717) is 16.9 Å². The normalized spacial score (nSPS) is 16.3. The summed E-state index contributed by atoms with van der Waals surface area (Å²) in [4.78, 5) is 0. The molecule has 1 aromatic rings. The quantitative estimate of drug-likeness (QED) is 0.895. The molecule has 1 N–H and O–H groups in total. The molecule has 0 saturated heterocycles. The van der Waals surface area contributed by atoms with E-state index in [9.17, 15) is 13.0 Å². The maximum atomic E-state index is 13.7. The third-order valence-electron chi connectivity index (χ3n) is 2.76. The Labute approximate surface area is 109 Å². The minimum Gasteiger partial charge on any atom is -0.307 e. The van der Waals surface area contributed by atoms with E-state index in [1.54, 1.807) is 13.2 Å². The first-order valence-corrected chi connectivity index (χ1v) is 7.55. The average molecular weight is 275 g/mol. The van der Waals surface area contributed by atoms with Crippen LogP contribution in [0.3, 0.4) is 0 Å². The van der Waals surface area contributed by atoms with Gasteiger partial charge >= 0.3 is 0 Å². The van der Waals surface area contributed by atoms with E-state index in [2.05, 4.69) is 5.32 Å². The molecule has 0 amide bonds. The second-order valence-corrected chi connectivity index (χ2v) is 6.13. The van der Waals surface area contributed by atoms with Crippen LogP contribution in [0, 0.1) is 18.6 Å². The minimum atomic E-state index is -0.912. The zero-order valence-corrected chi connectivity index (χ0v) is 11.9. The van der Waals surface area contributed by atoms with Crippen molar-refractivity contribution in [2.24, 2.45) is 0 Å².